The summed E-state index contributed by atoms with van der Waals surface area (Å²) in [6.07, 6.45) is -3.53. The van der Waals surface area contributed by atoms with Crippen molar-refractivity contribution in [1.82, 2.24) is 15.0 Å². The van der Waals surface area contributed by atoms with E-state index in [1.165, 1.54) is 12.3 Å². The van der Waals surface area contributed by atoms with E-state index in [0.29, 0.717) is 0 Å². The van der Waals surface area contributed by atoms with E-state index >= 15 is 0 Å². The maximum atomic E-state index is 12.6. The molecule has 0 spiro atoms. The number of anilines is 1. The summed E-state index contributed by atoms with van der Waals surface area (Å²) < 4.78 is 37.8. The number of carbonyl (C=O) groups excluding carboxylic acids is 1. The Morgan fingerprint density at radius 2 is 2.00 bits per heavy atom. The van der Waals surface area contributed by atoms with E-state index in [-0.39, 0.29) is 22.8 Å². The van der Waals surface area contributed by atoms with Gasteiger partial charge >= 0.3 is 6.18 Å². The van der Waals surface area contributed by atoms with Crippen LogP contribution in [0.5, 0.6) is 0 Å². The van der Waals surface area contributed by atoms with Crippen LogP contribution in [0, 0.1) is 6.07 Å². The van der Waals surface area contributed by atoms with Gasteiger partial charge in [0.25, 0.3) is 5.91 Å². The topological polar surface area (TPSA) is 108 Å². The molecule has 103 valence electrons. The number of aromatic nitrogens is 3. The molecule has 2 aromatic heterocycles. The van der Waals surface area contributed by atoms with Crippen molar-refractivity contribution in [3.05, 3.63) is 35.9 Å². The molecule has 1 radical (unpaired) electrons. The Morgan fingerprint density at radius 1 is 1.30 bits per heavy atom. The van der Waals surface area contributed by atoms with Gasteiger partial charge in [-0.25, -0.2) is 9.97 Å². The van der Waals surface area contributed by atoms with Crippen molar-refractivity contribution in [3.63, 3.8) is 0 Å². The van der Waals surface area contributed by atoms with E-state index in [1.807, 2.05) is 0 Å². The molecule has 2 rings (SSSR count). The average molecular weight is 282 g/mol. The van der Waals surface area contributed by atoms with Gasteiger partial charge in [0.05, 0.1) is 5.69 Å². The molecular formula is C11H7F3N5O. The molecule has 2 heterocycles. The highest BCUT2D eigenvalue weighted by molar-refractivity contribution is 5.91. The Kier molecular flexibility index (Phi) is 3.26. The molecule has 0 aliphatic heterocycles. The van der Waals surface area contributed by atoms with E-state index in [2.05, 4.69) is 21.0 Å². The van der Waals surface area contributed by atoms with E-state index in [9.17, 15) is 18.0 Å². The van der Waals surface area contributed by atoms with E-state index in [4.69, 9.17) is 11.5 Å². The molecule has 9 heteroatoms. The molecule has 0 atom stereocenters. The number of amides is 1. The van der Waals surface area contributed by atoms with Crippen LogP contribution in [-0.4, -0.2) is 20.9 Å². The number of nitrogen functional groups attached to an aromatic ring is 1. The number of pyridine rings is 1. The first-order valence-corrected chi connectivity index (χ1v) is 5.17. The summed E-state index contributed by atoms with van der Waals surface area (Å²) in [6.45, 7) is 0. The second-order valence-corrected chi connectivity index (χ2v) is 3.70. The van der Waals surface area contributed by atoms with Gasteiger partial charge in [-0.05, 0) is 6.07 Å². The minimum atomic E-state index is -4.73. The number of primary amides is 1. The maximum absolute atomic E-state index is 12.6. The summed E-state index contributed by atoms with van der Waals surface area (Å²) in [6, 6.07) is 4.93. The normalized spacial score (nSPS) is 11.3. The number of alkyl halides is 3. The summed E-state index contributed by atoms with van der Waals surface area (Å²) in [5.74, 6) is -2.59. The molecule has 6 nitrogen and oxygen atoms in total. The Balaban J connectivity index is 2.55. The van der Waals surface area contributed by atoms with Crippen LogP contribution in [0.15, 0.2) is 18.3 Å². The predicted octanol–water partition coefficient (Wildman–Crippen LogP) is 1.04. The number of nitrogens with zero attached hydrogens (tertiary/aromatic N) is 3. The van der Waals surface area contributed by atoms with Crippen LogP contribution in [-0.2, 0) is 6.18 Å². The molecule has 1 amide bonds. The van der Waals surface area contributed by atoms with E-state index in [1.54, 1.807) is 0 Å². The predicted molar refractivity (Wildman–Crippen MR) is 62.0 cm³/mol. The monoisotopic (exact) mass is 282 g/mol. The van der Waals surface area contributed by atoms with E-state index < -0.39 is 17.9 Å². The lowest BCUT2D eigenvalue weighted by molar-refractivity contribution is -0.144. The van der Waals surface area contributed by atoms with Crippen LogP contribution >= 0.6 is 0 Å². The number of hydrogen-bond acceptors (Lipinski definition) is 5. The van der Waals surface area contributed by atoms with Crippen molar-refractivity contribution in [2.24, 2.45) is 5.73 Å². The summed E-state index contributed by atoms with van der Waals surface area (Å²) in [5, 5.41) is 0. The molecule has 0 aliphatic rings. The van der Waals surface area contributed by atoms with Crippen molar-refractivity contribution in [2.45, 2.75) is 6.18 Å². The van der Waals surface area contributed by atoms with Gasteiger partial charge < -0.3 is 11.5 Å². The fraction of sp³-hybridized carbons (Fsp3) is 0.0909. The smallest absolute Gasteiger partial charge is 0.384 e. The first-order chi connectivity index (χ1) is 9.27. The number of hydrogen-bond donors (Lipinski definition) is 2. The second kappa shape index (κ2) is 4.76. The summed E-state index contributed by atoms with van der Waals surface area (Å²) in [7, 11) is 0. The Bertz CT molecular complexity index is 671. The van der Waals surface area contributed by atoms with Crippen molar-refractivity contribution >= 4 is 11.7 Å². The van der Waals surface area contributed by atoms with Crippen molar-refractivity contribution in [3.8, 4) is 11.3 Å². The molecule has 0 aromatic carbocycles. The number of nitrogens with two attached hydrogens (primary N) is 2. The Morgan fingerprint density at radius 3 is 2.60 bits per heavy atom. The highest BCUT2D eigenvalue weighted by Crippen LogP contribution is 2.29. The van der Waals surface area contributed by atoms with Gasteiger partial charge in [0, 0.05) is 23.9 Å². The van der Waals surface area contributed by atoms with Crippen molar-refractivity contribution in [1.29, 1.82) is 0 Å². The number of carbonyl (C=O) groups is 1. The summed E-state index contributed by atoms with van der Waals surface area (Å²) >= 11 is 0. The van der Waals surface area contributed by atoms with Gasteiger partial charge in [0.2, 0.25) is 5.82 Å². The van der Waals surface area contributed by atoms with Crippen LogP contribution in [0.2, 0.25) is 0 Å². The summed E-state index contributed by atoms with van der Waals surface area (Å²) in [5.41, 5.74) is 10.1. The molecule has 0 unspecified atom stereocenters. The van der Waals surface area contributed by atoms with Gasteiger partial charge in [-0.1, -0.05) is 0 Å². The third-order valence-electron chi connectivity index (χ3n) is 2.21. The zero-order chi connectivity index (χ0) is 14.9. The third-order valence-corrected chi connectivity index (χ3v) is 2.21. The van der Waals surface area contributed by atoms with Gasteiger partial charge in [-0.15, -0.1) is 0 Å². The van der Waals surface area contributed by atoms with Crippen LogP contribution in [0.4, 0.5) is 19.0 Å². The van der Waals surface area contributed by atoms with Crippen molar-refractivity contribution < 1.29 is 18.0 Å². The highest BCUT2D eigenvalue weighted by Gasteiger charge is 2.35. The molecule has 0 aliphatic carbocycles. The van der Waals surface area contributed by atoms with Crippen LogP contribution in [0.25, 0.3) is 11.3 Å². The first kappa shape index (κ1) is 13.7. The van der Waals surface area contributed by atoms with Gasteiger partial charge in [0.1, 0.15) is 11.5 Å². The maximum Gasteiger partial charge on any atom is 0.451 e. The molecule has 0 bridgehead atoms. The number of halogens is 3. The largest absolute Gasteiger partial charge is 0.451 e. The standard InChI is InChI=1S/C11H7F3N5O/c12-11(13,14)10-18-6(4-8(15)19-10)5-1-2-17-7(3-5)9(16)20/h1-2,4H,(H2,16,20)(H2,15,18,19). The van der Waals surface area contributed by atoms with Crippen LogP contribution in [0.1, 0.15) is 16.3 Å². The van der Waals surface area contributed by atoms with Crippen LogP contribution < -0.4 is 11.5 Å². The minimum Gasteiger partial charge on any atom is -0.384 e. The van der Waals surface area contributed by atoms with Gasteiger partial charge in [-0.2, -0.15) is 13.2 Å². The van der Waals surface area contributed by atoms with E-state index in [0.717, 1.165) is 6.07 Å². The summed E-state index contributed by atoms with van der Waals surface area (Å²) in [4.78, 5) is 21.1. The van der Waals surface area contributed by atoms with Crippen molar-refractivity contribution in [2.75, 3.05) is 5.73 Å². The number of rotatable bonds is 2. The average Bonchev–Trinajstić information content (AvgIpc) is 2.37. The van der Waals surface area contributed by atoms with Gasteiger partial charge in [-0.3, -0.25) is 9.78 Å². The van der Waals surface area contributed by atoms with Crippen LogP contribution in [0.3, 0.4) is 0 Å². The SMILES string of the molecule is NC(=O)c1[c]c(-c2cc(N)nc(C(F)(F)F)n2)ccn1. The molecule has 4 N–H and O–H groups in total. The molecule has 0 fully saturated rings. The Labute approximate surface area is 110 Å². The lowest BCUT2D eigenvalue weighted by Crippen LogP contribution is -2.14. The lowest BCUT2D eigenvalue weighted by Gasteiger charge is -2.08. The van der Waals surface area contributed by atoms with Gasteiger partial charge in [0.15, 0.2) is 0 Å². The first-order valence-electron chi connectivity index (χ1n) is 5.17. The Hall–Kier alpha value is -2.71. The molecule has 20 heavy (non-hydrogen) atoms. The quantitative estimate of drug-likeness (QED) is 0.855. The lowest BCUT2D eigenvalue weighted by atomic mass is 10.1. The fourth-order valence-electron chi connectivity index (χ4n) is 1.39. The zero-order valence-electron chi connectivity index (χ0n) is 9.77. The third kappa shape index (κ3) is 2.82. The molecule has 2 aromatic rings. The molecule has 0 saturated carbocycles. The fourth-order valence-corrected chi connectivity index (χ4v) is 1.39. The highest BCUT2D eigenvalue weighted by atomic mass is 19.4. The second-order valence-electron chi connectivity index (χ2n) is 3.70. The minimum absolute atomic E-state index is 0.105. The molecular weight excluding hydrogens is 275 g/mol. The zero-order valence-corrected chi connectivity index (χ0v) is 9.77. The molecule has 0 saturated heterocycles.